The molecule has 0 N–H and O–H groups in total. The van der Waals surface area contributed by atoms with Crippen molar-refractivity contribution in [3.63, 3.8) is 0 Å². The number of benzene rings is 10. The van der Waals surface area contributed by atoms with Crippen LogP contribution in [-0.2, 0) is 0 Å². The molecule has 0 saturated heterocycles. The zero-order valence-electron chi connectivity index (χ0n) is 32.0. The molecular weight excluding hydrogens is 719 g/mol. The van der Waals surface area contributed by atoms with Gasteiger partial charge in [-0.05, 0) is 110 Å². The van der Waals surface area contributed by atoms with Crippen LogP contribution in [-0.4, -0.2) is 0 Å². The van der Waals surface area contributed by atoms with Gasteiger partial charge in [0.25, 0.3) is 0 Å². The van der Waals surface area contributed by atoms with E-state index in [4.69, 9.17) is 8.83 Å². The lowest BCUT2D eigenvalue weighted by molar-refractivity contribution is 0.668. The number of fused-ring (bicyclic) bond motifs is 9. The van der Waals surface area contributed by atoms with E-state index in [0.29, 0.717) is 0 Å². The molecule has 0 atom stereocenters. The highest BCUT2D eigenvalue weighted by atomic mass is 16.3. The summed E-state index contributed by atoms with van der Waals surface area (Å²) in [6.07, 6.45) is 0. The quantitative estimate of drug-likeness (QED) is 0.158. The highest BCUT2D eigenvalue weighted by molar-refractivity contribution is 6.14. The predicted octanol–water partition coefficient (Wildman–Crippen LogP) is 16.3. The number of hydrogen-bond acceptors (Lipinski definition) is 3. The number of para-hydroxylation sites is 2. The zero-order valence-corrected chi connectivity index (χ0v) is 32.0. The van der Waals surface area contributed by atoms with E-state index in [0.717, 1.165) is 88.8 Å². The molecule has 0 aliphatic rings. The van der Waals surface area contributed by atoms with Crippen LogP contribution in [0.4, 0.5) is 17.1 Å². The van der Waals surface area contributed by atoms with Crippen molar-refractivity contribution < 1.29 is 8.83 Å². The number of nitrogens with zero attached hydrogens (tertiary/aromatic N) is 1. The molecule has 0 spiro atoms. The zero-order chi connectivity index (χ0) is 38.9. The fourth-order valence-corrected chi connectivity index (χ4v) is 9.05. The second kappa shape index (κ2) is 13.4. The van der Waals surface area contributed by atoms with E-state index in [2.05, 4.69) is 193 Å². The number of anilines is 3. The molecule has 0 bridgehead atoms. The van der Waals surface area contributed by atoms with E-state index >= 15 is 0 Å². The Balaban J connectivity index is 1.12. The van der Waals surface area contributed by atoms with E-state index in [-0.39, 0.29) is 0 Å². The highest BCUT2D eigenvalue weighted by Crippen LogP contribution is 2.46. The monoisotopic (exact) mass is 753 g/mol. The molecule has 0 aliphatic carbocycles. The molecule has 2 aromatic heterocycles. The van der Waals surface area contributed by atoms with Gasteiger partial charge in [0, 0.05) is 44.5 Å². The van der Waals surface area contributed by atoms with E-state index < -0.39 is 0 Å². The molecule has 276 valence electrons. The van der Waals surface area contributed by atoms with Gasteiger partial charge >= 0.3 is 0 Å². The lowest BCUT2D eigenvalue weighted by Crippen LogP contribution is -2.11. The second-order valence-electron chi connectivity index (χ2n) is 15.3. The molecule has 59 heavy (non-hydrogen) atoms. The molecule has 10 aromatic carbocycles. The Morgan fingerprint density at radius 3 is 1.69 bits per heavy atom. The van der Waals surface area contributed by atoms with Crippen LogP contribution in [0.3, 0.4) is 0 Å². The van der Waals surface area contributed by atoms with Crippen molar-refractivity contribution in [1.82, 2.24) is 0 Å². The molecule has 2 heterocycles. The standard InChI is InChI=1S/C56H35NO2/c1-2-13-36(14-3-1)44-28-25-40(50-33-39-15-4-5-18-43(39)45-19-6-7-20-46(45)50)34-52(44)57(42-27-29-49-47-21-8-10-23-53(47)59-56(49)35-42)41-17-12-16-37(31-41)38-26-30-55-51(32-38)48-22-9-11-24-54(48)58-55/h1-35H. The molecule has 3 nitrogen and oxygen atoms in total. The van der Waals surface area contributed by atoms with E-state index in [1.807, 2.05) is 24.3 Å². The van der Waals surface area contributed by atoms with Crippen molar-refractivity contribution in [2.24, 2.45) is 0 Å². The average molecular weight is 754 g/mol. The van der Waals surface area contributed by atoms with Crippen molar-refractivity contribution in [3.05, 3.63) is 212 Å². The van der Waals surface area contributed by atoms with Crippen LogP contribution in [0.5, 0.6) is 0 Å². The third kappa shape index (κ3) is 5.51. The van der Waals surface area contributed by atoms with Crippen molar-refractivity contribution >= 4 is 82.5 Å². The molecule has 0 fully saturated rings. The van der Waals surface area contributed by atoms with Gasteiger partial charge < -0.3 is 13.7 Å². The van der Waals surface area contributed by atoms with Gasteiger partial charge in [0.2, 0.25) is 0 Å². The third-order valence-corrected chi connectivity index (χ3v) is 11.8. The lowest BCUT2D eigenvalue weighted by Gasteiger charge is -2.29. The Hall–Kier alpha value is -7.88. The van der Waals surface area contributed by atoms with Crippen molar-refractivity contribution in [2.45, 2.75) is 0 Å². The van der Waals surface area contributed by atoms with Gasteiger partial charge in [-0.3, -0.25) is 0 Å². The largest absolute Gasteiger partial charge is 0.456 e. The molecule has 12 aromatic rings. The Morgan fingerprint density at radius 2 is 0.864 bits per heavy atom. The third-order valence-electron chi connectivity index (χ3n) is 11.8. The van der Waals surface area contributed by atoms with Crippen LogP contribution in [0.25, 0.3) is 98.8 Å². The summed E-state index contributed by atoms with van der Waals surface area (Å²) in [7, 11) is 0. The second-order valence-corrected chi connectivity index (χ2v) is 15.3. The van der Waals surface area contributed by atoms with Crippen molar-refractivity contribution in [2.75, 3.05) is 4.90 Å². The fraction of sp³-hybridized carbons (Fsp3) is 0. The summed E-state index contributed by atoms with van der Waals surface area (Å²) in [5.41, 5.74) is 13.5. The Labute approximate surface area is 340 Å². The summed E-state index contributed by atoms with van der Waals surface area (Å²) >= 11 is 0. The lowest BCUT2D eigenvalue weighted by atomic mass is 9.91. The van der Waals surface area contributed by atoms with E-state index in [1.165, 1.54) is 27.1 Å². The molecule has 0 amide bonds. The summed E-state index contributed by atoms with van der Waals surface area (Å²) in [6, 6.07) is 76.0. The highest BCUT2D eigenvalue weighted by Gasteiger charge is 2.22. The van der Waals surface area contributed by atoms with Crippen molar-refractivity contribution in [1.29, 1.82) is 0 Å². The molecular formula is C56H35NO2. The summed E-state index contributed by atoms with van der Waals surface area (Å²) in [5.74, 6) is 0. The van der Waals surface area contributed by atoms with Crippen LogP contribution in [0.15, 0.2) is 221 Å². The first-order chi connectivity index (χ1) is 29.2. The summed E-state index contributed by atoms with van der Waals surface area (Å²) in [5, 5.41) is 9.38. The summed E-state index contributed by atoms with van der Waals surface area (Å²) in [4.78, 5) is 2.40. The maximum atomic E-state index is 6.54. The molecule has 3 heteroatoms. The van der Waals surface area contributed by atoms with Gasteiger partial charge in [-0.2, -0.15) is 0 Å². The minimum atomic E-state index is 0.847. The minimum Gasteiger partial charge on any atom is -0.456 e. The Morgan fingerprint density at radius 1 is 0.271 bits per heavy atom. The van der Waals surface area contributed by atoms with Crippen LogP contribution in [0.1, 0.15) is 0 Å². The first-order valence-electron chi connectivity index (χ1n) is 20.1. The maximum absolute atomic E-state index is 6.54. The first kappa shape index (κ1) is 33.3. The number of rotatable bonds is 6. The summed E-state index contributed by atoms with van der Waals surface area (Å²) in [6.45, 7) is 0. The van der Waals surface area contributed by atoms with Gasteiger partial charge in [0.05, 0.1) is 5.69 Å². The normalized spacial score (nSPS) is 11.7. The number of furan rings is 2. The summed E-state index contributed by atoms with van der Waals surface area (Å²) < 4.78 is 12.8. The molecule has 0 unspecified atom stereocenters. The first-order valence-corrected chi connectivity index (χ1v) is 20.1. The van der Waals surface area contributed by atoms with Gasteiger partial charge in [0.15, 0.2) is 0 Å². The van der Waals surface area contributed by atoms with Crippen molar-refractivity contribution in [3.8, 4) is 33.4 Å². The van der Waals surface area contributed by atoms with Gasteiger partial charge in [-0.25, -0.2) is 0 Å². The minimum absolute atomic E-state index is 0.847. The molecule has 12 rings (SSSR count). The van der Waals surface area contributed by atoms with Crippen LogP contribution >= 0.6 is 0 Å². The van der Waals surface area contributed by atoms with Gasteiger partial charge in [-0.15, -0.1) is 0 Å². The van der Waals surface area contributed by atoms with Gasteiger partial charge in [-0.1, -0.05) is 146 Å². The molecule has 0 radical (unpaired) electrons. The van der Waals surface area contributed by atoms with Gasteiger partial charge in [0.1, 0.15) is 22.3 Å². The SMILES string of the molecule is c1ccc(-c2ccc(-c3cc4ccccc4c4ccccc34)cc2N(c2cccc(-c3ccc4oc5ccccc5c4c3)c2)c2ccc3c(c2)oc2ccccc23)cc1. The smallest absolute Gasteiger partial charge is 0.137 e. The average Bonchev–Trinajstić information content (AvgIpc) is 3.87. The fourth-order valence-electron chi connectivity index (χ4n) is 9.05. The molecule has 0 saturated carbocycles. The van der Waals surface area contributed by atoms with Crippen LogP contribution in [0, 0.1) is 0 Å². The Bertz CT molecular complexity index is 3580. The van der Waals surface area contributed by atoms with E-state index in [9.17, 15) is 0 Å². The van der Waals surface area contributed by atoms with Crippen LogP contribution in [0.2, 0.25) is 0 Å². The Kier molecular flexibility index (Phi) is 7.54. The topological polar surface area (TPSA) is 29.5 Å². The van der Waals surface area contributed by atoms with Crippen LogP contribution < -0.4 is 4.90 Å². The predicted molar refractivity (Wildman–Crippen MR) is 247 cm³/mol. The molecule has 0 aliphatic heterocycles. The maximum Gasteiger partial charge on any atom is 0.137 e. The van der Waals surface area contributed by atoms with E-state index in [1.54, 1.807) is 0 Å². The number of hydrogen-bond donors (Lipinski definition) is 0.